The molecule has 0 heterocycles. The van der Waals surface area contributed by atoms with E-state index in [0.29, 0.717) is 5.92 Å². The van der Waals surface area contributed by atoms with Gasteiger partial charge in [-0.15, -0.1) is 0 Å². The largest absolute Gasteiger partial charge is 0.376 e. The average molecular weight is 230 g/mol. The van der Waals surface area contributed by atoms with Crippen molar-refractivity contribution in [3.8, 4) is 0 Å². The Morgan fingerprint density at radius 1 is 1.29 bits per heavy atom. The highest BCUT2D eigenvalue weighted by atomic mass is 31.2. The second-order valence-electron chi connectivity index (χ2n) is 4.50. The van der Waals surface area contributed by atoms with Gasteiger partial charge < -0.3 is 9.11 Å². The van der Waals surface area contributed by atoms with Crippen LogP contribution in [0.1, 0.15) is 6.42 Å². The minimum Gasteiger partial charge on any atom is -0.376 e. The Kier molecular flexibility index (Phi) is 4.52. The summed E-state index contributed by atoms with van der Waals surface area (Å²) in [5, 5.41) is 0. The van der Waals surface area contributed by atoms with E-state index >= 15 is 0 Å². The molecule has 1 N–H and O–H groups in total. The summed E-state index contributed by atoms with van der Waals surface area (Å²) in [6.45, 7) is 6.32. The molecule has 4 heteroatoms. The molecular weight excluding hydrogens is 211 g/mol. The van der Waals surface area contributed by atoms with Crippen molar-refractivity contribution in [2.45, 2.75) is 26.1 Å². The second kappa shape index (κ2) is 5.22. The first-order valence-corrected chi connectivity index (χ1v) is 9.78. The van der Waals surface area contributed by atoms with Crippen LogP contribution >= 0.6 is 8.38 Å². The molecule has 2 nitrogen and oxygen atoms in total. The summed E-state index contributed by atoms with van der Waals surface area (Å²) in [4.78, 5) is 9.67. The van der Waals surface area contributed by atoms with Crippen LogP contribution in [-0.2, 0) is 4.21 Å². The van der Waals surface area contributed by atoms with E-state index in [1.807, 2.05) is 0 Å². The summed E-state index contributed by atoms with van der Waals surface area (Å²) in [6, 6.07) is 0. The summed E-state index contributed by atoms with van der Waals surface area (Å²) in [5.41, 5.74) is 0. The summed E-state index contributed by atoms with van der Waals surface area (Å²) < 4.78 is 5.61. The Bertz CT molecular complexity index is 221. The van der Waals surface area contributed by atoms with E-state index in [9.17, 15) is 4.89 Å². The molecule has 1 rings (SSSR count). The number of hydrogen-bond acceptors (Lipinski definition) is 2. The molecule has 0 radical (unpaired) electrons. The van der Waals surface area contributed by atoms with E-state index in [2.05, 4.69) is 43.9 Å². The molecule has 1 unspecified atom stereocenters. The van der Waals surface area contributed by atoms with Crippen LogP contribution in [0.2, 0.25) is 19.6 Å². The Balaban J connectivity index is 2.18. The quantitative estimate of drug-likeness (QED) is 0.580. The highest BCUT2D eigenvalue weighted by Gasteiger charge is 2.20. The van der Waals surface area contributed by atoms with Gasteiger partial charge in [0, 0.05) is 6.16 Å². The van der Waals surface area contributed by atoms with Crippen molar-refractivity contribution in [1.29, 1.82) is 0 Å². The molecule has 0 saturated heterocycles. The zero-order valence-corrected chi connectivity index (χ0v) is 11.0. The van der Waals surface area contributed by atoms with Gasteiger partial charge in [0.2, 0.25) is 0 Å². The van der Waals surface area contributed by atoms with Crippen LogP contribution in [0, 0.1) is 5.92 Å². The van der Waals surface area contributed by atoms with E-state index in [4.69, 9.17) is 4.21 Å². The van der Waals surface area contributed by atoms with Crippen molar-refractivity contribution in [3.63, 3.8) is 0 Å². The predicted molar refractivity (Wildman–Crippen MR) is 64.8 cm³/mol. The Morgan fingerprint density at radius 3 is 2.36 bits per heavy atom. The van der Waals surface area contributed by atoms with Gasteiger partial charge in [-0.05, 0) is 32.0 Å². The lowest BCUT2D eigenvalue weighted by Crippen LogP contribution is -2.23. The van der Waals surface area contributed by atoms with Gasteiger partial charge in [-0.2, -0.15) is 0 Å². The molecule has 0 fully saturated rings. The van der Waals surface area contributed by atoms with Gasteiger partial charge in [-0.25, -0.2) is 0 Å². The van der Waals surface area contributed by atoms with E-state index in [1.54, 1.807) is 0 Å². The van der Waals surface area contributed by atoms with Gasteiger partial charge in [-0.3, -0.25) is 0 Å². The molecule has 0 spiro atoms. The lowest BCUT2D eigenvalue weighted by Gasteiger charge is -2.21. The molecule has 0 aliphatic heterocycles. The van der Waals surface area contributed by atoms with E-state index in [1.165, 1.54) is 0 Å². The topological polar surface area (TPSA) is 29.5 Å². The van der Waals surface area contributed by atoms with E-state index in [-0.39, 0.29) is 0 Å². The fraction of sp³-hybridized carbons (Fsp3) is 0.600. The first kappa shape index (κ1) is 12.1. The maximum atomic E-state index is 9.67. The van der Waals surface area contributed by atoms with Crippen molar-refractivity contribution >= 4 is 16.7 Å². The van der Waals surface area contributed by atoms with Crippen LogP contribution in [0.15, 0.2) is 24.3 Å². The highest BCUT2D eigenvalue weighted by Crippen LogP contribution is 2.37. The number of allylic oxidation sites excluding steroid dienone is 4. The molecule has 1 aliphatic carbocycles. The highest BCUT2D eigenvalue weighted by molar-refractivity contribution is 7.48. The van der Waals surface area contributed by atoms with E-state index < -0.39 is 16.7 Å². The fourth-order valence-corrected chi connectivity index (χ4v) is 4.70. The molecule has 0 aromatic heterocycles. The van der Waals surface area contributed by atoms with Crippen molar-refractivity contribution in [1.82, 2.24) is 0 Å². The van der Waals surface area contributed by atoms with Crippen LogP contribution in [-0.4, -0.2) is 19.4 Å². The number of rotatable bonds is 5. The van der Waals surface area contributed by atoms with Crippen LogP contribution in [0.3, 0.4) is 0 Å². The maximum Gasteiger partial charge on any atom is 0.191 e. The Hall–Kier alpha value is 0.0469. The lowest BCUT2D eigenvalue weighted by molar-refractivity contribution is 0.481. The molecule has 0 saturated carbocycles. The molecule has 1 atom stereocenters. The van der Waals surface area contributed by atoms with Gasteiger partial charge in [0.25, 0.3) is 0 Å². The van der Waals surface area contributed by atoms with Crippen molar-refractivity contribution in [2.75, 3.05) is 6.16 Å². The second-order valence-corrected chi connectivity index (χ2v) is 10.6. The third-order valence-electron chi connectivity index (χ3n) is 1.86. The zero-order chi connectivity index (χ0) is 10.6. The standard InChI is InChI=1S/C10H19O2PSi/c1-14(2,3)12-13(11)9-8-10-6-4-5-7-10/h4-7,10-11H,8-9H2,1-3H3. The van der Waals surface area contributed by atoms with Crippen LogP contribution in [0.4, 0.5) is 0 Å². The monoisotopic (exact) mass is 230 g/mol. The molecular formula is C10H19O2PSi. The third-order valence-corrected chi connectivity index (χ3v) is 5.54. The van der Waals surface area contributed by atoms with Gasteiger partial charge >= 0.3 is 0 Å². The Morgan fingerprint density at radius 2 is 1.86 bits per heavy atom. The fourth-order valence-electron chi connectivity index (χ4n) is 1.29. The first-order valence-electron chi connectivity index (χ1n) is 4.98. The summed E-state index contributed by atoms with van der Waals surface area (Å²) in [7, 11) is -2.75. The first-order chi connectivity index (χ1) is 6.47. The summed E-state index contributed by atoms with van der Waals surface area (Å²) >= 11 is 0. The smallest absolute Gasteiger partial charge is 0.191 e. The summed E-state index contributed by atoms with van der Waals surface area (Å²) in [5.74, 6) is 0.511. The molecule has 0 bridgehead atoms. The maximum absolute atomic E-state index is 9.67. The molecule has 0 amide bonds. The van der Waals surface area contributed by atoms with E-state index in [0.717, 1.165) is 12.6 Å². The minimum absolute atomic E-state index is 0.511. The molecule has 1 aliphatic rings. The molecule has 0 aromatic carbocycles. The van der Waals surface area contributed by atoms with Gasteiger partial charge in [0.05, 0.1) is 0 Å². The predicted octanol–water partition coefficient (Wildman–Crippen LogP) is 3.27. The lowest BCUT2D eigenvalue weighted by atomic mass is 10.1. The van der Waals surface area contributed by atoms with Crippen LogP contribution < -0.4 is 0 Å². The minimum atomic E-state index is -1.55. The van der Waals surface area contributed by atoms with Crippen LogP contribution in [0.25, 0.3) is 0 Å². The zero-order valence-electron chi connectivity index (χ0n) is 9.10. The SMILES string of the molecule is C[Si](C)(C)OP(O)CCC1C=CC=C1. The number of hydrogen-bond donors (Lipinski definition) is 1. The molecule has 80 valence electrons. The Labute approximate surface area is 88.7 Å². The van der Waals surface area contributed by atoms with Crippen molar-refractivity contribution < 1.29 is 9.11 Å². The normalized spacial score (nSPS) is 19.1. The molecule has 14 heavy (non-hydrogen) atoms. The van der Waals surface area contributed by atoms with Crippen molar-refractivity contribution in [3.05, 3.63) is 24.3 Å². The van der Waals surface area contributed by atoms with Crippen molar-refractivity contribution in [2.24, 2.45) is 5.92 Å². The summed E-state index contributed by atoms with van der Waals surface area (Å²) in [6.07, 6.45) is 10.2. The molecule has 0 aromatic rings. The van der Waals surface area contributed by atoms with Crippen LogP contribution in [0.5, 0.6) is 0 Å². The van der Waals surface area contributed by atoms with Gasteiger partial charge in [0.1, 0.15) is 0 Å². The average Bonchev–Trinajstić information content (AvgIpc) is 2.49. The van der Waals surface area contributed by atoms with Gasteiger partial charge in [-0.1, -0.05) is 24.3 Å². The third kappa shape index (κ3) is 5.06. The van der Waals surface area contributed by atoms with Gasteiger partial charge in [0.15, 0.2) is 16.7 Å².